The van der Waals surface area contributed by atoms with Crippen molar-refractivity contribution in [3.63, 3.8) is 0 Å². The molecule has 4 heteroatoms. The molecule has 1 heterocycles. The maximum absolute atomic E-state index is 13.2. The Labute approximate surface area is 148 Å². The van der Waals surface area contributed by atoms with Crippen LogP contribution in [0.25, 0.3) is 0 Å². The van der Waals surface area contributed by atoms with Gasteiger partial charge in [0.15, 0.2) is 0 Å². The highest BCUT2D eigenvalue weighted by Gasteiger charge is 2.40. The smallest absolute Gasteiger partial charge is 0.266 e. The molecule has 0 unspecified atom stereocenters. The molecule has 2 aromatic rings. The van der Waals surface area contributed by atoms with Gasteiger partial charge in [0.1, 0.15) is 0 Å². The zero-order chi connectivity index (χ0) is 18.3. The molecule has 130 valence electrons. The molecule has 0 saturated heterocycles. The molecular weight excluding hydrogens is 312 g/mol. The molecule has 2 aromatic carbocycles. The summed E-state index contributed by atoms with van der Waals surface area (Å²) in [4.78, 5) is 27.6. The highest BCUT2D eigenvalue weighted by atomic mass is 16.2. The van der Waals surface area contributed by atoms with Crippen LogP contribution in [-0.4, -0.2) is 11.8 Å². The van der Waals surface area contributed by atoms with Gasteiger partial charge in [-0.15, -0.1) is 0 Å². The minimum atomic E-state index is -0.268. The molecule has 1 aliphatic heterocycles. The van der Waals surface area contributed by atoms with Gasteiger partial charge in [-0.2, -0.15) is 0 Å². The van der Waals surface area contributed by atoms with Crippen LogP contribution >= 0.6 is 0 Å². The van der Waals surface area contributed by atoms with Crippen LogP contribution in [0.5, 0.6) is 0 Å². The number of nitrogens with two attached hydrogens (primary N) is 1. The topological polar surface area (TPSA) is 63.4 Å². The van der Waals surface area contributed by atoms with Gasteiger partial charge in [-0.25, -0.2) is 4.90 Å². The molecule has 0 spiro atoms. The van der Waals surface area contributed by atoms with E-state index in [1.54, 1.807) is 12.1 Å². The number of nitrogens with zero attached hydrogens (tertiary/aromatic N) is 1. The van der Waals surface area contributed by atoms with Gasteiger partial charge >= 0.3 is 0 Å². The third-order valence-electron chi connectivity index (χ3n) is 4.79. The molecule has 25 heavy (non-hydrogen) atoms. The summed E-state index contributed by atoms with van der Waals surface area (Å²) >= 11 is 0. The second kappa shape index (κ2) is 6.45. The fraction of sp³-hybridized carbons (Fsp3) is 0.333. The van der Waals surface area contributed by atoms with E-state index in [2.05, 4.69) is 27.7 Å². The molecule has 2 amide bonds. The average molecular weight is 336 g/mol. The number of benzene rings is 2. The summed E-state index contributed by atoms with van der Waals surface area (Å²) < 4.78 is 0. The molecule has 0 radical (unpaired) electrons. The van der Waals surface area contributed by atoms with Crippen LogP contribution in [-0.2, 0) is 6.54 Å². The lowest BCUT2D eigenvalue weighted by Gasteiger charge is -2.25. The molecule has 1 aliphatic rings. The molecule has 0 bridgehead atoms. The highest BCUT2D eigenvalue weighted by Crippen LogP contribution is 2.39. The fourth-order valence-electron chi connectivity index (χ4n) is 3.50. The first-order valence-corrected chi connectivity index (χ1v) is 8.72. The molecule has 3 rings (SSSR count). The number of hydrogen-bond donors (Lipinski definition) is 1. The SMILES string of the molecule is CC(C)c1cccc(C(C)C)c1N1C(=O)c2cccc(CN)c2C1=O. The van der Waals surface area contributed by atoms with E-state index < -0.39 is 0 Å². The molecule has 0 atom stereocenters. The Kier molecular flexibility index (Phi) is 4.48. The van der Waals surface area contributed by atoms with Crippen molar-refractivity contribution in [2.24, 2.45) is 5.73 Å². The average Bonchev–Trinajstić information content (AvgIpc) is 2.85. The first kappa shape index (κ1) is 17.4. The van der Waals surface area contributed by atoms with Gasteiger partial charge in [0.25, 0.3) is 11.8 Å². The lowest BCUT2D eigenvalue weighted by Crippen LogP contribution is -2.32. The lowest BCUT2D eigenvalue weighted by molar-refractivity contribution is 0.0925. The Morgan fingerprint density at radius 3 is 1.96 bits per heavy atom. The summed E-state index contributed by atoms with van der Waals surface area (Å²) in [7, 11) is 0. The van der Waals surface area contributed by atoms with Gasteiger partial charge in [-0.3, -0.25) is 9.59 Å². The van der Waals surface area contributed by atoms with Crippen molar-refractivity contribution >= 4 is 17.5 Å². The van der Waals surface area contributed by atoms with Crippen LogP contribution in [0.3, 0.4) is 0 Å². The maximum Gasteiger partial charge on any atom is 0.266 e. The van der Waals surface area contributed by atoms with Crippen LogP contribution in [0.1, 0.15) is 76.9 Å². The van der Waals surface area contributed by atoms with Crippen LogP contribution in [0.4, 0.5) is 5.69 Å². The van der Waals surface area contributed by atoms with Gasteiger partial charge in [0.05, 0.1) is 16.8 Å². The minimum absolute atomic E-state index is 0.201. The summed E-state index contributed by atoms with van der Waals surface area (Å²) in [6.07, 6.45) is 0. The van der Waals surface area contributed by atoms with Crippen LogP contribution < -0.4 is 10.6 Å². The van der Waals surface area contributed by atoms with Gasteiger partial charge < -0.3 is 5.73 Å². The maximum atomic E-state index is 13.2. The van der Waals surface area contributed by atoms with E-state index in [4.69, 9.17) is 5.73 Å². The van der Waals surface area contributed by atoms with Crippen LogP contribution in [0, 0.1) is 0 Å². The number of anilines is 1. The van der Waals surface area contributed by atoms with E-state index in [0.29, 0.717) is 16.7 Å². The monoisotopic (exact) mass is 336 g/mol. The molecule has 4 nitrogen and oxygen atoms in total. The van der Waals surface area contributed by atoms with Crippen molar-refractivity contribution in [3.05, 3.63) is 64.2 Å². The minimum Gasteiger partial charge on any atom is -0.326 e. The Morgan fingerprint density at radius 2 is 1.44 bits per heavy atom. The van der Waals surface area contributed by atoms with Gasteiger partial charge in [0, 0.05) is 6.54 Å². The number of imide groups is 1. The molecule has 0 saturated carbocycles. The second-order valence-corrected chi connectivity index (χ2v) is 7.08. The van der Waals surface area contributed by atoms with Crippen molar-refractivity contribution in [2.45, 2.75) is 46.1 Å². The van der Waals surface area contributed by atoms with E-state index in [-0.39, 0.29) is 30.2 Å². The van der Waals surface area contributed by atoms with E-state index in [1.807, 2.05) is 24.3 Å². The van der Waals surface area contributed by atoms with Crippen molar-refractivity contribution in [2.75, 3.05) is 4.90 Å². The number of carbonyl (C=O) groups excluding carboxylic acids is 2. The predicted octanol–water partition coefficient (Wildman–Crippen LogP) is 4.19. The third kappa shape index (κ3) is 2.67. The van der Waals surface area contributed by atoms with E-state index >= 15 is 0 Å². The molecule has 0 fully saturated rings. The number of carbonyl (C=O) groups is 2. The molecular formula is C21H24N2O2. The standard InChI is InChI=1S/C21H24N2O2/c1-12(2)15-8-6-9-16(13(3)4)19(15)23-20(24)17-10-5-7-14(11-22)18(17)21(23)25/h5-10,12-13H,11,22H2,1-4H3. The Bertz CT molecular complexity index is 827. The van der Waals surface area contributed by atoms with Gasteiger partial charge in [-0.1, -0.05) is 58.0 Å². The van der Waals surface area contributed by atoms with E-state index in [9.17, 15) is 9.59 Å². The van der Waals surface area contributed by atoms with E-state index in [1.165, 1.54) is 4.90 Å². The number of para-hydroxylation sites is 1. The fourth-order valence-corrected chi connectivity index (χ4v) is 3.50. The first-order valence-electron chi connectivity index (χ1n) is 8.72. The largest absolute Gasteiger partial charge is 0.326 e. The Morgan fingerprint density at radius 1 is 0.880 bits per heavy atom. The number of rotatable bonds is 4. The first-order chi connectivity index (χ1) is 11.9. The highest BCUT2D eigenvalue weighted by molar-refractivity contribution is 6.35. The van der Waals surface area contributed by atoms with Crippen molar-refractivity contribution in [1.82, 2.24) is 0 Å². The van der Waals surface area contributed by atoms with Gasteiger partial charge in [-0.05, 0) is 34.6 Å². The van der Waals surface area contributed by atoms with Crippen molar-refractivity contribution in [1.29, 1.82) is 0 Å². The number of amides is 2. The molecule has 0 aliphatic carbocycles. The quantitative estimate of drug-likeness (QED) is 0.851. The van der Waals surface area contributed by atoms with Crippen LogP contribution in [0.15, 0.2) is 36.4 Å². The van der Waals surface area contributed by atoms with E-state index in [0.717, 1.165) is 16.8 Å². The Balaban J connectivity index is 2.25. The summed E-state index contributed by atoms with van der Waals surface area (Å²) in [5, 5.41) is 0. The normalized spacial score (nSPS) is 14.0. The molecule has 2 N–H and O–H groups in total. The second-order valence-electron chi connectivity index (χ2n) is 7.08. The Hall–Kier alpha value is -2.46. The van der Waals surface area contributed by atoms with Crippen molar-refractivity contribution < 1.29 is 9.59 Å². The van der Waals surface area contributed by atoms with Gasteiger partial charge in [0.2, 0.25) is 0 Å². The summed E-state index contributed by atoms with van der Waals surface area (Å²) in [5.74, 6) is -0.125. The lowest BCUT2D eigenvalue weighted by atomic mass is 9.92. The third-order valence-corrected chi connectivity index (χ3v) is 4.79. The number of hydrogen-bond acceptors (Lipinski definition) is 3. The zero-order valence-corrected chi connectivity index (χ0v) is 15.2. The van der Waals surface area contributed by atoms with Crippen molar-refractivity contribution in [3.8, 4) is 0 Å². The number of fused-ring (bicyclic) bond motifs is 1. The summed E-state index contributed by atoms with van der Waals surface area (Å²) in [6.45, 7) is 8.54. The zero-order valence-electron chi connectivity index (χ0n) is 15.2. The molecule has 0 aromatic heterocycles. The summed E-state index contributed by atoms with van der Waals surface area (Å²) in [5.41, 5.74) is 10.2. The van der Waals surface area contributed by atoms with Crippen LogP contribution in [0.2, 0.25) is 0 Å². The predicted molar refractivity (Wildman–Crippen MR) is 100 cm³/mol. The summed E-state index contributed by atoms with van der Waals surface area (Å²) in [6, 6.07) is 11.3.